The number of amides is 1. The lowest BCUT2D eigenvalue weighted by molar-refractivity contribution is -0.131. The molecule has 0 bridgehead atoms. The molecule has 4 heteroatoms. The van der Waals surface area contributed by atoms with Crippen LogP contribution < -0.4 is 0 Å². The summed E-state index contributed by atoms with van der Waals surface area (Å²) < 4.78 is 0. The van der Waals surface area contributed by atoms with Gasteiger partial charge in [-0.05, 0) is 12.8 Å². The largest absolute Gasteiger partial charge is 0.335 e. The average molecular weight is 197 g/mol. The first-order valence-corrected chi connectivity index (χ1v) is 4.97. The van der Waals surface area contributed by atoms with Gasteiger partial charge in [0, 0.05) is 25.8 Å². The Bertz CT molecular complexity index is 238. The van der Waals surface area contributed by atoms with Crippen molar-refractivity contribution in [3.8, 4) is 0 Å². The molecular weight excluding hydrogens is 182 g/mol. The van der Waals surface area contributed by atoms with Gasteiger partial charge in [0.1, 0.15) is 6.29 Å². The van der Waals surface area contributed by atoms with E-state index in [1.807, 2.05) is 0 Å². The average Bonchev–Trinajstić information content (AvgIpc) is 2.59. The highest BCUT2D eigenvalue weighted by Gasteiger charge is 2.22. The minimum Gasteiger partial charge on any atom is -0.335 e. The minimum absolute atomic E-state index is 0.0433. The highest BCUT2D eigenvalue weighted by molar-refractivity contribution is 5.89. The Kier molecular flexibility index (Phi) is 4.29. The molecule has 0 aromatic carbocycles. The molecule has 1 heterocycles. The van der Waals surface area contributed by atoms with E-state index in [1.54, 1.807) is 4.90 Å². The van der Waals surface area contributed by atoms with Crippen LogP contribution in [-0.2, 0) is 14.4 Å². The third kappa shape index (κ3) is 3.28. The summed E-state index contributed by atoms with van der Waals surface area (Å²) in [6.07, 6.45) is 3.84. The first kappa shape index (κ1) is 10.9. The van der Waals surface area contributed by atoms with Gasteiger partial charge in [0.05, 0.1) is 6.54 Å². The number of hydrogen-bond acceptors (Lipinski definition) is 3. The molecule has 0 aliphatic carbocycles. The molecule has 4 nitrogen and oxygen atoms in total. The molecule has 0 aromatic heterocycles. The van der Waals surface area contributed by atoms with E-state index in [2.05, 4.69) is 0 Å². The third-order valence-corrected chi connectivity index (χ3v) is 2.34. The molecule has 0 N–H and O–H groups in total. The van der Waals surface area contributed by atoms with Crippen LogP contribution in [0.15, 0.2) is 0 Å². The number of aldehydes is 1. The van der Waals surface area contributed by atoms with Crippen LogP contribution >= 0.6 is 0 Å². The lowest BCUT2D eigenvalue weighted by Crippen LogP contribution is -2.28. The summed E-state index contributed by atoms with van der Waals surface area (Å²) in [5.41, 5.74) is 0. The van der Waals surface area contributed by atoms with Gasteiger partial charge in [-0.1, -0.05) is 0 Å². The van der Waals surface area contributed by atoms with Gasteiger partial charge in [-0.15, -0.1) is 0 Å². The SMILES string of the molecule is O=CCCCCC(=O)N1CCC(=O)C1. The zero-order chi connectivity index (χ0) is 10.4. The number of nitrogens with zero attached hydrogens (tertiary/aromatic N) is 1. The van der Waals surface area contributed by atoms with Gasteiger partial charge >= 0.3 is 0 Å². The van der Waals surface area contributed by atoms with E-state index in [4.69, 9.17) is 0 Å². The Morgan fingerprint density at radius 3 is 2.79 bits per heavy atom. The molecule has 1 aliphatic heterocycles. The number of carbonyl (C=O) groups excluding carboxylic acids is 3. The molecule has 0 aromatic rings. The van der Waals surface area contributed by atoms with Crippen molar-refractivity contribution in [2.24, 2.45) is 0 Å². The number of unbranched alkanes of at least 4 members (excludes halogenated alkanes) is 2. The Morgan fingerprint density at radius 1 is 1.43 bits per heavy atom. The monoisotopic (exact) mass is 197 g/mol. The smallest absolute Gasteiger partial charge is 0.222 e. The van der Waals surface area contributed by atoms with Gasteiger partial charge in [0.15, 0.2) is 5.78 Å². The van der Waals surface area contributed by atoms with E-state index >= 15 is 0 Å². The second-order valence-corrected chi connectivity index (χ2v) is 3.52. The van der Waals surface area contributed by atoms with E-state index in [9.17, 15) is 14.4 Å². The number of likely N-dealkylation sites (tertiary alicyclic amines) is 1. The molecule has 0 saturated carbocycles. The number of rotatable bonds is 5. The van der Waals surface area contributed by atoms with Gasteiger partial charge < -0.3 is 9.69 Å². The molecule has 1 aliphatic rings. The summed E-state index contributed by atoms with van der Waals surface area (Å²) in [6, 6.07) is 0. The maximum atomic E-state index is 11.4. The fourth-order valence-corrected chi connectivity index (χ4v) is 1.51. The van der Waals surface area contributed by atoms with Crippen LogP contribution in [0.3, 0.4) is 0 Å². The fraction of sp³-hybridized carbons (Fsp3) is 0.700. The van der Waals surface area contributed by atoms with Gasteiger partial charge in [0.25, 0.3) is 0 Å². The second kappa shape index (κ2) is 5.52. The Hall–Kier alpha value is -1.19. The zero-order valence-electron chi connectivity index (χ0n) is 8.20. The van der Waals surface area contributed by atoms with Crippen molar-refractivity contribution >= 4 is 18.0 Å². The quantitative estimate of drug-likeness (QED) is 0.477. The van der Waals surface area contributed by atoms with E-state index in [1.165, 1.54) is 0 Å². The molecule has 1 saturated heterocycles. The summed E-state index contributed by atoms with van der Waals surface area (Å²) >= 11 is 0. The van der Waals surface area contributed by atoms with Crippen molar-refractivity contribution in [3.05, 3.63) is 0 Å². The molecule has 1 fully saturated rings. The standard InChI is InChI=1S/C10H15NO3/c12-7-3-1-2-4-10(14)11-6-5-9(13)8-11/h7H,1-6,8H2. The molecule has 0 atom stereocenters. The fourth-order valence-electron chi connectivity index (χ4n) is 1.51. The van der Waals surface area contributed by atoms with Crippen molar-refractivity contribution < 1.29 is 14.4 Å². The predicted molar refractivity (Wildman–Crippen MR) is 50.7 cm³/mol. The molecule has 1 rings (SSSR count). The van der Waals surface area contributed by atoms with Crippen molar-refractivity contribution in [1.82, 2.24) is 4.90 Å². The Balaban J connectivity index is 2.15. The lowest BCUT2D eigenvalue weighted by atomic mass is 10.2. The summed E-state index contributed by atoms with van der Waals surface area (Å²) in [5.74, 6) is 0.188. The molecule has 0 spiro atoms. The number of ketones is 1. The van der Waals surface area contributed by atoms with Gasteiger partial charge in [-0.25, -0.2) is 0 Å². The van der Waals surface area contributed by atoms with E-state index in [-0.39, 0.29) is 18.2 Å². The molecule has 0 radical (unpaired) electrons. The normalized spacial score (nSPS) is 16.0. The van der Waals surface area contributed by atoms with E-state index in [0.29, 0.717) is 25.8 Å². The first-order chi connectivity index (χ1) is 6.74. The highest BCUT2D eigenvalue weighted by Crippen LogP contribution is 2.08. The first-order valence-electron chi connectivity index (χ1n) is 4.97. The molecule has 78 valence electrons. The summed E-state index contributed by atoms with van der Waals surface area (Å²) in [5, 5.41) is 0. The molecule has 1 amide bonds. The highest BCUT2D eigenvalue weighted by atomic mass is 16.2. The van der Waals surface area contributed by atoms with E-state index in [0.717, 1.165) is 19.1 Å². The van der Waals surface area contributed by atoms with Crippen molar-refractivity contribution in [1.29, 1.82) is 0 Å². The number of hydrogen-bond donors (Lipinski definition) is 0. The summed E-state index contributed by atoms with van der Waals surface area (Å²) in [4.78, 5) is 33.9. The minimum atomic E-state index is 0.0433. The summed E-state index contributed by atoms with van der Waals surface area (Å²) in [6.45, 7) is 0.859. The van der Waals surface area contributed by atoms with Crippen LogP contribution in [0.2, 0.25) is 0 Å². The van der Waals surface area contributed by atoms with Crippen molar-refractivity contribution in [2.75, 3.05) is 13.1 Å². The van der Waals surface area contributed by atoms with Crippen LogP contribution in [0.5, 0.6) is 0 Å². The maximum Gasteiger partial charge on any atom is 0.222 e. The number of Topliss-reactive ketones (excluding diaryl/α,β-unsaturated/α-hetero) is 1. The topological polar surface area (TPSA) is 54.5 Å². The molecular formula is C10H15NO3. The van der Waals surface area contributed by atoms with Gasteiger partial charge in [-0.3, -0.25) is 9.59 Å². The lowest BCUT2D eigenvalue weighted by Gasteiger charge is -2.13. The molecule has 14 heavy (non-hydrogen) atoms. The van der Waals surface area contributed by atoms with Crippen LogP contribution in [0.1, 0.15) is 32.1 Å². The maximum absolute atomic E-state index is 11.4. The zero-order valence-corrected chi connectivity index (χ0v) is 8.20. The summed E-state index contributed by atoms with van der Waals surface area (Å²) in [7, 11) is 0. The second-order valence-electron chi connectivity index (χ2n) is 3.52. The van der Waals surface area contributed by atoms with Crippen LogP contribution in [0.4, 0.5) is 0 Å². The van der Waals surface area contributed by atoms with Crippen LogP contribution in [0, 0.1) is 0 Å². The van der Waals surface area contributed by atoms with Crippen LogP contribution in [0.25, 0.3) is 0 Å². The molecule has 0 unspecified atom stereocenters. The van der Waals surface area contributed by atoms with Crippen molar-refractivity contribution in [2.45, 2.75) is 32.1 Å². The number of carbonyl (C=O) groups is 3. The Labute approximate surface area is 83.3 Å². The van der Waals surface area contributed by atoms with Gasteiger partial charge in [0.2, 0.25) is 5.91 Å². The third-order valence-electron chi connectivity index (χ3n) is 2.34. The van der Waals surface area contributed by atoms with Crippen LogP contribution in [-0.4, -0.2) is 36.0 Å². The van der Waals surface area contributed by atoms with Crippen molar-refractivity contribution in [3.63, 3.8) is 0 Å². The van der Waals surface area contributed by atoms with E-state index < -0.39 is 0 Å². The Morgan fingerprint density at radius 2 is 2.21 bits per heavy atom. The predicted octanol–water partition coefficient (Wildman–Crippen LogP) is 0.547. The van der Waals surface area contributed by atoms with Gasteiger partial charge in [-0.2, -0.15) is 0 Å².